The first-order valence-electron chi connectivity index (χ1n) is 11.3. The van der Waals surface area contributed by atoms with Gasteiger partial charge in [-0.25, -0.2) is 4.39 Å². The Labute approximate surface area is 212 Å². The highest BCUT2D eigenvalue weighted by atomic mass is 19.1. The van der Waals surface area contributed by atoms with Crippen molar-refractivity contribution in [3.63, 3.8) is 0 Å². The van der Waals surface area contributed by atoms with E-state index in [-0.39, 0.29) is 5.82 Å². The molecular formula is C28H19FN8. The fourth-order valence-electron chi connectivity index (χ4n) is 3.32. The van der Waals surface area contributed by atoms with Gasteiger partial charge in [-0.05, 0) is 12.1 Å². The topological polar surface area (TPSA) is 103 Å². The van der Waals surface area contributed by atoms with E-state index in [4.69, 9.17) is 0 Å². The molecule has 0 N–H and O–H groups in total. The van der Waals surface area contributed by atoms with Crippen LogP contribution in [0, 0.1) is 5.82 Å². The SMILES string of the molecule is Fc1ccccc1-c1nnc(-c2ccccc2)nn1.c1ccc(-c2nnc(-c3ccccc3)nn2)cc1. The van der Waals surface area contributed by atoms with Gasteiger partial charge < -0.3 is 0 Å². The fraction of sp³-hybridized carbons (Fsp3) is 0. The minimum absolute atomic E-state index is 0.179. The molecule has 0 atom stereocenters. The number of hydrogen-bond donors (Lipinski definition) is 0. The zero-order valence-electron chi connectivity index (χ0n) is 19.4. The van der Waals surface area contributed by atoms with Gasteiger partial charge in [0.05, 0.1) is 5.56 Å². The van der Waals surface area contributed by atoms with Gasteiger partial charge in [0.15, 0.2) is 0 Å². The number of nitrogens with zero attached hydrogens (tertiary/aromatic N) is 8. The maximum Gasteiger partial charge on any atom is 0.206 e. The highest BCUT2D eigenvalue weighted by Gasteiger charge is 2.09. The summed E-state index contributed by atoms with van der Waals surface area (Å²) in [5.41, 5.74) is 2.94. The Hall–Kier alpha value is -5.31. The molecule has 0 aliphatic heterocycles. The summed E-state index contributed by atoms with van der Waals surface area (Å²) in [4.78, 5) is 0. The first-order valence-corrected chi connectivity index (χ1v) is 11.3. The largest absolute Gasteiger partial charge is 0.206 e. The molecule has 0 saturated carbocycles. The second kappa shape index (κ2) is 11.4. The normalized spacial score (nSPS) is 10.3. The summed E-state index contributed by atoms with van der Waals surface area (Å²) in [5.74, 6) is 1.28. The van der Waals surface area contributed by atoms with E-state index in [1.54, 1.807) is 18.2 Å². The van der Waals surface area contributed by atoms with Crippen molar-refractivity contribution >= 4 is 0 Å². The second-order valence-electron chi connectivity index (χ2n) is 7.67. The Morgan fingerprint density at radius 2 is 0.622 bits per heavy atom. The van der Waals surface area contributed by atoms with Crippen molar-refractivity contribution in [3.8, 4) is 45.6 Å². The van der Waals surface area contributed by atoms with Crippen LogP contribution in [0.15, 0.2) is 115 Å². The molecule has 0 fully saturated rings. The molecule has 9 heteroatoms. The number of aromatic nitrogens is 8. The van der Waals surface area contributed by atoms with Crippen LogP contribution in [-0.2, 0) is 0 Å². The van der Waals surface area contributed by atoms with Gasteiger partial charge in [-0.2, -0.15) is 0 Å². The van der Waals surface area contributed by atoms with Crippen molar-refractivity contribution in [2.75, 3.05) is 0 Å². The van der Waals surface area contributed by atoms with E-state index in [0.717, 1.165) is 16.7 Å². The Balaban J connectivity index is 0.000000152. The molecule has 178 valence electrons. The molecule has 0 bridgehead atoms. The van der Waals surface area contributed by atoms with Crippen LogP contribution >= 0.6 is 0 Å². The maximum atomic E-state index is 13.6. The molecule has 2 aromatic heterocycles. The van der Waals surface area contributed by atoms with Crippen LogP contribution in [0.3, 0.4) is 0 Å². The van der Waals surface area contributed by atoms with Crippen molar-refractivity contribution < 1.29 is 4.39 Å². The average Bonchev–Trinajstić information content (AvgIpc) is 2.99. The Morgan fingerprint density at radius 3 is 0.973 bits per heavy atom. The van der Waals surface area contributed by atoms with Gasteiger partial charge in [0.25, 0.3) is 0 Å². The van der Waals surface area contributed by atoms with Gasteiger partial charge in [0, 0.05) is 16.7 Å². The zero-order chi connectivity index (χ0) is 25.3. The van der Waals surface area contributed by atoms with Crippen LogP contribution in [0.25, 0.3) is 45.6 Å². The number of halogens is 1. The Morgan fingerprint density at radius 1 is 0.324 bits per heavy atom. The lowest BCUT2D eigenvalue weighted by molar-refractivity contribution is 0.628. The molecule has 6 rings (SSSR count). The predicted molar refractivity (Wildman–Crippen MR) is 137 cm³/mol. The minimum atomic E-state index is -0.390. The van der Waals surface area contributed by atoms with Crippen molar-refractivity contribution in [1.82, 2.24) is 40.8 Å². The lowest BCUT2D eigenvalue weighted by Gasteiger charge is -2.01. The van der Waals surface area contributed by atoms with Crippen molar-refractivity contribution in [3.05, 3.63) is 121 Å². The second-order valence-corrected chi connectivity index (χ2v) is 7.67. The third-order valence-corrected chi connectivity index (χ3v) is 5.17. The number of rotatable bonds is 4. The van der Waals surface area contributed by atoms with E-state index in [1.807, 2.05) is 91.0 Å². The van der Waals surface area contributed by atoms with E-state index in [2.05, 4.69) is 40.8 Å². The third-order valence-electron chi connectivity index (χ3n) is 5.17. The number of benzene rings is 4. The lowest BCUT2D eigenvalue weighted by Crippen LogP contribution is -2.00. The number of hydrogen-bond acceptors (Lipinski definition) is 8. The molecule has 0 radical (unpaired) electrons. The van der Waals surface area contributed by atoms with E-state index < -0.39 is 5.82 Å². The van der Waals surface area contributed by atoms with Crippen molar-refractivity contribution in [2.24, 2.45) is 0 Å². The molecule has 0 unspecified atom stereocenters. The fourth-order valence-corrected chi connectivity index (χ4v) is 3.32. The van der Waals surface area contributed by atoms with Gasteiger partial charge in [-0.15, -0.1) is 40.8 Å². The lowest BCUT2D eigenvalue weighted by atomic mass is 10.2. The summed E-state index contributed by atoms with van der Waals surface area (Å²) in [5, 5.41) is 32.2. The van der Waals surface area contributed by atoms with Crippen LogP contribution in [0.1, 0.15) is 0 Å². The minimum Gasteiger partial charge on any atom is -0.206 e. The van der Waals surface area contributed by atoms with Crippen molar-refractivity contribution in [2.45, 2.75) is 0 Å². The van der Waals surface area contributed by atoms with E-state index in [1.165, 1.54) is 6.07 Å². The summed E-state index contributed by atoms with van der Waals surface area (Å²) in [6.07, 6.45) is 0. The van der Waals surface area contributed by atoms with Gasteiger partial charge in [-0.3, -0.25) is 0 Å². The molecular weight excluding hydrogens is 467 g/mol. The monoisotopic (exact) mass is 486 g/mol. The molecule has 8 nitrogen and oxygen atoms in total. The molecule has 4 aromatic carbocycles. The standard InChI is InChI=1S/C14H9FN4.C14H10N4/c15-12-9-5-4-8-11(12)14-18-16-13(17-19-14)10-6-2-1-3-7-10;1-3-7-11(8-4-1)13-15-17-14(18-16-13)12-9-5-2-6-10-12/h1-9H;1-10H. The third kappa shape index (κ3) is 5.85. The van der Waals surface area contributed by atoms with Gasteiger partial charge in [0.2, 0.25) is 23.3 Å². The van der Waals surface area contributed by atoms with Crippen molar-refractivity contribution in [1.29, 1.82) is 0 Å². The molecule has 0 saturated heterocycles. The van der Waals surface area contributed by atoms with Crippen LogP contribution in [-0.4, -0.2) is 40.8 Å². The molecule has 2 heterocycles. The molecule has 0 spiro atoms. The summed E-state index contributed by atoms with van der Waals surface area (Å²) >= 11 is 0. The molecule has 37 heavy (non-hydrogen) atoms. The summed E-state index contributed by atoms with van der Waals surface area (Å²) in [6, 6.07) is 35.0. The molecule has 0 aliphatic rings. The quantitative estimate of drug-likeness (QED) is 0.329. The van der Waals surface area contributed by atoms with E-state index >= 15 is 0 Å². The Bertz CT molecular complexity index is 1490. The van der Waals surface area contributed by atoms with E-state index in [0.29, 0.717) is 23.0 Å². The molecule has 6 aromatic rings. The summed E-state index contributed by atoms with van der Waals surface area (Å²) in [6.45, 7) is 0. The van der Waals surface area contributed by atoms with Crippen LogP contribution < -0.4 is 0 Å². The van der Waals surface area contributed by atoms with E-state index in [9.17, 15) is 4.39 Å². The zero-order valence-corrected chi connectivity index (χ0v) is 19.4. The average molecular weight is 487 g/mol. The van der Waals surface area contributed by atoms with Crippen LogP contribution in [0.2, 0.25) is 0 Å². The highest BCUT2D eigenvalue weighted by Crippen LogP contribution is 2.19. The summed E-state index contributed by atoms with van der Waals surface area (Å²) < 4.78 is 13.6. The maximum absolute atomic E-state index is 13.6. The predicted octanol–water partition coefficient (Wildman–Crippen LogP) is 5.34. The smallest absolute Gasteiger partial charge is 0.206 e. The van der Waals surface area contributed by atoms with Gasteiger partial charge >= 0.3 is 0 Å². The Kier molecular flexibility index (Phi) is 7.23. The highest BCUT2D eigenvalue weighted by molar-refractivity contribution is 5.58. The van der Waals surface area contributed by atoms with Gasteiger partial charge in [-0.1, -0.05) is 103 Å². The summed E-state index contributed by atoms with van der Waals surface area (Å²) in [7, 11) is 0. The first kappa shape index (κ1) is 23.4. The van der Waals surface area contributed by atoms with Gasteiger partial charge in [0.1, 0.15) is 5.82 Å². The molecule has 0 aliphatic carbocycles. The first-order chi connectivity index (χ1) is 18.3. The molecule has 0 amide bonds. The van der Waals surface area contributed by atoms with Crippen LogP contribution in [0.4, 0.5) is 4.39 Å². The van der Waals surface area contributed by atoms with Crippen LogP contribution in [0.5, 0.6) is 0 Å².